The SMILES string of the molecule is CC(C)c1ccc(N(C(=O)CCCc2nc(C(C)C)no2)c2nc3ccccc3s2)cc1. The molecule has 0 aliphatic carbocycles. The van der Waals surface area contributed by atoms with E-state index in [2.05, 4.69) is 36.1 Å². The maximum Gasteiger partial charge on any atom is 0.233 e. The zero-order valence-corrected chi connectivity index (χ0v) is 19.7. The molecule has 4 aromatic rings. The first-order valence-electron chi connectivity index (χ1n) is 11.0. The summed E-state index contributed by atoms with van der Waals surface area (Å²) in [5, 5.41) is 4.69. The molecule has 1 amide bonds. The molecule has 0 unspecified atom stereocenters. The molecule has 0 radical (unpaired) electrons. The molecule has 166 valence electrons. The smallest absolute Gasteiger partial charge is 0.233 e. The minimum absolute atomic E-state index is 0.00458. The fraction of sp³-hybridized carbons (Fsp3) is 0.360. The number of nitrogens with zero attached hydrogens (tertiary/aromatic N) is 4. The molecular weight excluding hydrogens is 420 g/mol. The highest BCUT2D eigenvalue weighted by atomic mass is 32.1. The van der Waals surface area contributed by atoms with Crippen LogP contribution in [0.1, 0.15) is 69.7 Å². The molecule has 0 bridgehead atoms. The Morgan fingerprint density at radius 1 is 1.00 bits per heavy atom. The van der Waals surface area contributed by atoms with Crippen LogP contribution >= 0.6 is 11.3 Å². The van der Waals surface area contributed by atoms with Crippen molar-refractivity contribution in [2.24, 2.45) is 0 Å². The van der Waals surface area contributed by atoms with E-state index in [4.69, 9.17) is 9.51 Å². The maximum absolute atomic E-state index is 13.4. The number of aromatic nitrogens is 3. The maximum atomic E-state index is 13.4. The number of aryl methyl sites for hydroxylation is 1. The number of hydrogen-bond acceptors (Lipinski definition) is 6. The highest BCUT2D eigenvalue weighted by Crippen LogP contribution is 2.34. The lowest BCUT2D eigenvalue weighted by Crippen LogP contribution is -2.25. The summed E-state index contributed by atoms with van der Waals surface area (Å²) in [5.41, 5.74) is 2.97. The molecule has 0 fully saturated rings. The zero-order valence-electron chi connectivity index (χ0n) is 18.9. The van der Waals surface area contributed by atoms with E-state index in [9.17, 15) is 4.79 Å². The van der Waals surface area contributed by atoms with E-state index in [1.165, 1.54) is 16.9 Å². The number of carbonyl (C=O) groups excluding carboxylic acids is 1. The predicted octanol–water partition coefficient (Wildman–Crippen LogP) is 6.61. The second-order valence-corrected chi connectivity index (χ2v) is 9.50. The normalized spacial score (nSPS) is 11.6. The van der Waals surface area contributed by atoms with Gasteiger partial charge in [0.2, 0.25) is 11.8 Å². The summed E-state index contributed by atoms with van der Waals surface area (Å²) < 4.78 is 6.38. The molecule has 0 aliphatic heterocycles. The third kappa shape index (κ3) is 4.88. The number of rotatable bonds is 8. The van der Waals surface area contributed by atoms with Gasteiger partial charge in [-0.1, -0.05) is 68.5 Å². The van der Waals surface area contributed by atoms with Crippen molar-refractivity contribution in [3.8, 4) is 0 Å². The molecule has 2 heterocycles. The predicted molar refractivity (Wildman–Crippen MR) is 129 cm³/mol. The molecule has 0 saturated heterocycles. The molecule has 4 rings (SSSR count). The van der Waals surface area contributed by atoms with Crippen molar-refractivity contribution in [2.45, 2.75) is 58.8 Å². The second kappa shape index (κ2) is 9.61. The van der Waals surface area contributed by atoms with Crippen molar-refractivity contribution in [3.05, 3.63) is 65.8 Å². The number of fused-ring (bicyclic) bond motifs is 1. The summed E-state index contributed by atoms with van der Waals surface area (Å²) in [7, 11) is 0. The van der Waals surface area contributed by atoms with Gasteiger partial charge in [-0.2, -0.15) is 4.98 Å². The number of anilines is 2. The molecule has 32 heavy (non-hydrogen) atoms. The average molecular weight is 449 g/mol. The minimum atomic E-state index is 0.00458. The number of para-hydroxylation sites is 1. The Balaban J connectivity index is 1.55. The van der Waals surface area contributed by atoms with Gasteiger partial charge in [0.15, 0.2) is 11.0 Å². The Labute approximate surface area is 192 Å². The molecule has 0 aliphatic rings. The average Bonchev–Trinajstić information content (AvgIpc) is 3.41. The van der Waals surface area contributed by atoms with Crippen LogP contribution in [0.15, 0.2) is 53.1 Å². The van der Waals surface area contributed by atoms with Crippen LogP contribution in [-0.4, -0.2) is 21.0 Å². The van der Waals surface area contributed by atoms with Crippen molar-refractivity contribution >= 4 is 38.3 Å². The number of carbonyl (C=O) groups is 1. The van der Waals surface area contributed by atoms with E-state index in [1.807, 2.05) is 50.2 Å². The van der Waals surface area contributed by atoms with Gasteiger partial charge in [0.25, 0.3) is 0 Å². The van der Waals surface area contributed by atoms with E-state index in [1.54, 1.807) is 4.90 Å². The summed E-state index contributed by atoms with van der Waals surface area (Å²) in [6.07, 6.45) is 1.57. The van der Waals surface area contributed by atoms with Crippen molar-refractivity contribution < 1.29 is 9.32 Å². The third-order valence-electron chi connectivity index (χ3n) is 5.32. The van der Waals surface area contributed by atoms with Gasteiger partial charge in [0.05, 0.1) is 15.9 Å². The van der Waals surface area contributed by atoms with Gasteiger partial charge in [0, 0.05) is 18.8 Å². The molecule has 0 saturated carbocycles. The zero-order chi connectivity index (χ0) is 22.7. The highest BCUT2D eigenvalue weighted by Gasteiger charge is 2.22. The van der Waals surface area contributed by atoms with Crippen molar-refractivity contribution in [3.63, 3.8) is 0 Å². The van der Waals surface area contributed by atoms with E-state index < -0.39 is 0 Å². The van der Waals surface area contributed by atoms with Gasteiger partial charge in [-0.05, 0) is 42.2 Å². The summed E-state index contributed by atoms with van der Waals surface area (Å²) in [6.45, 7) is 8.37. The lowest BCUT2D eigenvalue weighted by atomic mass is 10.0. The van der Waals surface area contributed by atoms with Crippen LogP contribution in [-0.2, 0) is 11.2 Å². The van der Waals surface area contributed by atoms with Crippen LogP contribution in [0.4, 0.5) is 10.8 Å². The monoisotopic (exact) mass is 448 g/mol. The Kier molecular flexibility index (Phi) is 6.65. The second-order valence-electron chi connectivity index (χ2n) is 8.49. The molecular formula is C25H28N4O2S. The quantitative estimate of drug-likeness (QED) is 0.303. The Hall–Kier alpha value is -3.06. The number of amides is 1. The fourth-order valence-electron chi connectivity index (χ4n) is 3.43. The molecule has 0 atom stereocenters. The van der Waals surface area contributed by atoms with Gasteiger partial charge in [-0.15, -0.1) is 0 Å². The van der Waals surface area contributed by atoms with Gasteiger partial charge < -0.3 is 4.52 Å². The summed E-state index contributed by atoms with van der Waals surface area (Å²) in [4.78, 5) is 24.3. The first-order valence-corrected chi connectivity index (χ1v) is 11.8. The summed E-state index contributed by atoms with van der Waals surface area (Å²) in [6, 6.07) is 16.1. The molecule has 6 nitrogen and oxygen atoms in total. The first-order chi connectivity index (χ1) is 15.4. The first kappa shape index (κ1) is 22.1. The van der Waals surface area contributed by atoms with Crippen LogP contribution in [0.3, 0.4) is 0 Å². The van der Waals surface area contributed by atoms with Crippen LogP contribution in [0.25, 0.3) is 10.2 Å². The fourth-order valence-corrected chi connectivity index (χ4v) is 4.44. The lowest BCUT2D eigenvalue weighted by Gasteiger charge is -2.20. The molecule has 0 N–H and O–H groups in total. The van der Waals surface area contributed by atoms with Crippen LogP contribution in [0, 0.1) is 0 Å². The van der Waals surface area contributed by atoms with Crippen LogP contribution < -0.4 is 4.90 Å². The van der Waals surface area contributed by atoms with Gasteiger partial charge in [-0.3, -0.25) is 9.69 Å². The molecule has 0 spiro atoms. The Bertz CT molecular complexity index is 1160. The van der Waals surface area contributed by atoms with E-state index in [0.29, 0.717) is 42.0 Å². The molecule has 2 aromatic heterocycles. The van der Waals surface area contributed by atoms with Crippen LogP contribution in [0.5, 0.6) is 0 Å². The highest BCUT2D eigenvalue weighted by molar-refractivity contribution is 7.22. The van der Waals surface area contributed by atoms with E-state index >= 15 is 0 Å². The Morgan fingerprint density at radius 2 is 1.75 bits per heavy atom. The van der Waals surface area contributed by atoms with Crippen molar-refractivity contribution in [2.75, 3.05) is 4.90 Å². The van der Waals surface area contributed by atoms with Crippen molar-refractivity contribution in [1.82, 2.24) is 15.1 Å². The number of hydrogen-bond donors (Lipinski definition) is 0. The lowest BCUT2D eigenvalue weighted by molar-refractivity contribution is -0.118. The summed E-state index contributed by atoms with van der Waals surface area (Å²) >= 11 is 1.53. The Morgan fingerprint density at radius 3 is 2.41 bits per heavy atom. The van der Waals surface area contributed by atoms with Gasteiger partial charge in [0.1, 0.15) is 0 Å². The van der Waals surface area contributed by atoms with Crippen LogP contribution in [0.2, 0.25) is 0 Å². The van der Waals surface area contributed by atoms with Gasteiger partial charge in [-0.25, -0.2) is 4.98 Å². The largest absolute Gasteiger partial charge is 0.339 e. The molecule has 7 heteroatoms. The minimum Gasteiger partial charge on any atom is -0.339 e. The van der Waals surface area contributed by atoms with Crippen molar-refractivity contribution in [1.29, 1.82) is 0 Å². The standard InChI is InChI=1S/C25H28N4O2S/c1-16(2)18-12-14-19(15-13-18)29(25-26-20-8-5-6-9-21(20)32-25)23(30)11-7-10-22-27-24(17(3)4)28-31-22/h5-6,8-9,12-17H,7,10-11H2,1-4H3. The number of benzene rings is 2. The van der Waals surface area contributed by atoms with E-state index in [-0.39, 0.29) is 11.8 Å². The topological polar surface area (TPSA) is 72.1 Å². The van der Waals surface area contributed by atoms with E-state index in [0.717, 1.165) is 15.9 Å². The number of thiazole rings is 1. The third-order valence-corrected chi connectivity index (χ3v) is 6.34. The van der Waals surface area contributed by atoms with Gasteiger partial charge >= 0.3 is 0 Å². The molecule has 2 aromatic carbocycles. The summed E-state index contributed by atoms with van der Waals surface area (Å²) in [5.74, 6) is 1.94.